The lowest BCUT2D eigenvalue weighted by molar-refractivity contribution is 0.0526. The Kier molecular flexibility index (Phi) is 4.87. The highest BCUT2D eigenvalue weighted by atomic mass is 19.1. The Bertz CT molecular complexity index is 624. The highest BCUT2D eigenvalue weighted by molar-refractivity contribution is 5.90. The Morgan fingerprint density at radius 3 is 2.52 bits per heavy atom. The molecule has 0 aromatic heterocycles. The first kappa shape index (κ1) is 15.0. The molecule has 0 saturated heterocycles. The lowest BCUT2D eigenvalue weighted by atomic mass is 10.2. The molecule has 0 aliphatic heterocycles. The van der Waals surface area contributed by atoms with Crippen LogP contribution in [0.3, 0.4) is 0 Å². The molecule has 3 nitrogen and oxygen atoms in total. The summed E-state index contributed by atoms with van der Waals surface area (Å²) in [7, 11) is 0. The maximum absolute atomic E-state index is 13.1. The van der Waals surface area contributed by atoms with E-state index < -0.39 is 17.6 Å². The van der Waals surface area contributed by atoms with Crippen LogP contribution >= 0.6 is 0 Å². The van der Waals surface area contributed by atoms with Crippen molar-refractivity contribution in [2.75, 3.05) is 11.9 Å². The summed E-state index contributed by atoms with van der Waals surface area (Å²) in [6.45, 7) is 2.29. The minimum Gasteiger partial charge on any atom is -0.462 e. The quantitative estimate of drug-likeness (QED) is 0.853. The standard InChI is InChI=1S/C16H15F2NO2/c1-2-21-16(20)12-4-3-5-15(8-12)19-10-11-6-13(17)9-14(18)7-11/h3-9,19H,2,10H2,1H3. The van der Waals surface area contributed by atoms with Gasteiger partial charge in [0.25, 0.3) is 0 Å². The number of hydrogen-bond donors (Lipinski definition) is 1. The lowest BCUT2D eigenvalue weighted by Gasteiger charge is -2.08. The van der Waals surface area contributed by atoms with Gasteiger partial charge in [0, 0.05) is 18.3 Å². The molecule has 0 aliphatic carbocycles. The highest BCUT2D eigenvalue weighted by Crippen LogP contribution is 2.14. The molecule has 0 atom stereocenters. The molecule has 110 valence electrons. The zero-order valence-corrected chi connectivity index (χ0v) is 11.5. The van der Waals surface area contributed by atoms with Gasteiger partial charge in [-0.1, -0.05) is 6.07 Å². The summed E-state index contributed by atoms with van der Waals surface area (Å²) in [6, 6.07) is 10.1. The molecule has 5 heteroatoms. The Morgan fingerprint density at radius 1 is 1.14 bits per heavy atom. The third kappa shape index (κ3) is 4.27. The van der Waals surface area contributed by atoms with Crippen LogP contribution in [-0.2, 0) is 11.3 Å². The largest absolute Gasteiger partial charge is 0.462 e. The van der Waals surface area contributed by atoms with Gasteiger partial charge < -0.3 is 10.1 Å². The monoisotopic (exact) mass is 291 g/mol. The van der Waals surface area contributed by atoms with Gasteiger partial charge in [-0.2, -0.15) is 0 Å². The second-order valence-corrected chi connectivity index (χ2v) is 4.43. The first-order valence-corrected chi connectivity index (χ1v) is 6.54. The Hall–Kier alpha value is -2.43. The van der Waals surface area contributed by atoms with Gasteiger partial charge in [0.1, 0.15) is 11.6 Å². The molecule has 1 N–H and O–H groups in total. The van der Waals surface area contributed by atoms with Gasteiger partial charge in [0.15, 0.2) is 0 Å². The van der Waals surface area contributed by atoms with Crippen molar-refractivity contribution in [1.82, 2.24) is 0 Å². The van der Waals surface area contributed by atoms with Gasteiger partial charge in [0.05, 0.1) is 12.2 Å². The van der Waals surface area contributed by atoms with Crippen LogP contribution in [0.25, 0.3) is 0 Å². The summed E-state index contributed by atoms with van der Waals surface area (Å²) >= 11 is 0. The normalized spacial score (nSPS) is 10.2. The topological polar surface area (TPSA) is 38.3 Å². The molecule has 2 aromatic rings. The van der Waals surface area contributed by atoms with Crippen molar-refractivity contribution in [3.63, 3.8) is 0 Å². The third-order valence-electron chi connectivity index (χ3n) is 2.79. The van der Waals surface area contributed by atoms with Gasteiger partial charge in [-0.3, -0.25) is 0 Å². The molecule has 0 radical (unpaired) electrons. The molecular weight excluding hydrogens is 276 g/mol. The van der Waals surface area contributed by atoms with Crippen molar-refractivity contribution >= 4 is 11.7 Å². The van der Waals surface area contributed by atoms with E-state index in [1.165, 1.54) is 12.1 Å². The smallest absolute Gasteiger partial charge is 0.338 e. The second kappa shape index (κ2) is 6.83. The molecular formula is C16H15F2NO2. The van der Waals surface area contributed by atoms with E-state index in [0.717, 1.165) is 6.07 Å². The van der Waals surface area contributed by atoms with E-state index in [1.807, 2.05) is 0 Å². The van der Waals surface area contributed by atoms with Crippen LogP contribution in [0.2, 0.25) is 0 Å². The maximum Gasteiger partial charge on any atom is 0.338 e. The molecule has 0 fully saturated rings. The predicted octanol–water partition coefficient (Wildman–Crippen LogP) is 3.75. The average Bonchev–Trinajstić information content (AvgIpc) is 2.45. The van der Waals surface area contributed by atoms with E-state index in [1.54, 1.807) is 31.2 Å². The van der Waals surface area contributed by atoms with E-state index >= 15 is 0 Å². The van der Waals surface area contributed by atoms with Crippen LogP contribution in [0.1, 0.15) is 22.8 Å². The van der Waals surface area contributed by atoms with Gasteiger partial charge >= 0.3 is 5.97 Å². The molecule has 0 spiro atoms. The number of rotatable bonds is 5. The molecule has 0 heterocycles. The van der Waals surface area contributed by atoms with E-state index in [-0.39, 0.29) is 6.54 Å². The van der Waals surface area contributed by atoms with E-state index in [2.05, 4.69) is 5.32 Å². The van der Waals surface area contributed by atoms with Gasteiger partial charge in [-0.15, -0.1) is 0 Å². The van der Waals surface area contributed by atoms with Crippen LogP contribution in [0.15, 0.2) is 42.5 Å². The average molecular weight is 291 g/mol. The minimum absolute atomic E-state index is 0.251. The van der Waals surface area contributed by atoms with Crippen LogP contribution in [-0.4, -0.2) is 12.6 Å². The van der Waals surface area contributed by atoms with Crippen LogP contribution < -0.4 is 5.32 Å². The fourth-order valence-electron chi connectivity index (χ4n) is 1.89. The summed E-state index contributed by atoms with van der Waals surface area (Å²) in [5.41, 5.74) is 1.58. The predicted molar refractivity (Wildman–Crippen MR) is 76.1 cm³/mol. The van der Waals surface area contributed by atoms with Gasteiger partial charge in [0.2, 0.25) is 0 Å². The summed E-state index contributed by atoms with van der Waals surface area (Å²) in [5.74, 6) is -1.64. The SMILES string of the molecule is CCOC(=O)c1cccc(NCc2cc(F)cc(F)c2)c1. The van der Waals surface area contributed by atoms with Crippen LogP contribution in [0, 0.1) is 11.6 Å². The fraction of sp³-hybridized carbons (Fsp3) is 0.188. The fourth-order valence-corrected chi connectivity index (χ4v) is 1.89. The molecule has 2 rings (SSSR count). The van der Waals surface area contributed by atoms with E-state index in [4.69, 9.17) is 4.74 Å². The van der Waals surface area contributed by atoms with Crippen LogP contribution in [0.5, 0.6) is 0 Å². The Balaban J connectivity index is 2.06. The number of ether oxygens (including phenoxy) is 1. The summed E-state index contributed by atoms with van der Waals surface area (Å²) in [4.78, 5) is 11.6. The first-order valence-electron chi connectivity index (χ1n) is 6.54. The van der Waals surface area contributed by atoms with Crippen molar-refractivity contribution in [2.24, 2.45) is 0 Å². The van der Waals surface area contributed by atoms with Crippen molar-refractivity contribution in [1.29, 1.82) is 0 Å². The summed E-state index contributed by atoms with van der Waals surface area (Å²) in [5, 5.41) is 3.01. The molecule has 2 aromatic carbocycles. The van der Waals surface area contributed by atoms with Crippen molar-refractivity contribution < 1.29 is 18.3 Å². The number of nitrogens with one attached hydrogen (secondary N) is 1. The lowest BCUT2D eigenvalue weighted by Crippen LogP contribution is -2.06. The van der Waals surface area contributed by atoms with Gasteiger partial charge in [-0.05, 0) is 42.8 Å². The Labute approximate surface area is 121 Å². The minimum atomic E-state index is -0.618. The number of halogens is 2. The zero-order valence-electron chi connectivity index (χ0n) is 11.5. The van der Waals surface area contributed by atoms with Crippen molar-refractivity contribution in [3.8, 4) is 0 Å². The number of benzene rings is 2. The molecule has 0 saturated carbocycles. The third-order valence-corrected chi connectivity index (χ3v) is 2.79. The highest BCUT2D eigenvalue weighted by Gasteiger charge is 2.07. The molecule has 0 amide bonds. The molecule has 21 heavy (non-hydrogen) atoms. The van der Waals surface area contributed by atoms with Gasteiger partial charge in [-0.25, -0.2) is 13.6 Å². The summed E-state index contributed by atoms with van der Waals surface area (Å²) < 4.78 is 31.1. The van der Waals surface area contributed by atoms with E-state index in [9.17, 15) is 13.6 Å². The number of carbonyl (C=O) groups is 1. The van der Waals surface area contributed by atoms with Crippen molar-refractivity contribution in [2.45, 2.75) is 13.5 Å². The second-order valence-electron chi connectivity index (χ2n) is 4.43. The number of hydrogen-bond acceptors (Lipinski definition) is 3. The molecule has 0 aliphatic rings. The first-order chi connectivity index (χ1) is 10.1. The Morgan fingerprint density at radius 2 is 1.86 bits per heavy atom. The maximum atomic E-state index is 13.1. The molecule has 0 bridgehead atoms. The van der Waals surface area contributed by atoms with Crippen LogP contribution in [0.4, 0.5) is 14.5 Å². The zero-order chi connectivity index (χ0) is 15.2. The van der Waals surface area contributed by atoms with Crippen molar-refractivity contribution in [3.05, 3.63) is 65.2 Å². The summed E-state index contributed by atoms with van der Waals surface area (Å²) in [6.07, 6.45) is 0. The number of anilines is 1. The van der Waals surface area contributed by atoms with E-state index in [0.29, 0.717) is 23.4 Å². The number of esters is 1. The molecule has 0 unspecified atom stereocenters. The number of carbonyl (C=O) groups excluding carboxylic acids is 1.